The van der Waals surface area contributed by atoms with Crippen molar-refractivity contribution >= 4 is 35.6 Å². The van der Waals surface area contributed by atoms with E-state index in [0.29, 0.717) is 25.1 Å². The monoisotopic (exact) mass is 402 g/mol. The number of ether oxygens (including phenoxy) is 1. The van der Waals surface area contributed by atoms with Crippen LogP contribution in [0, 0.1) is 11.6 Å². The summed E-state index contributed by atoms with van der Waals surface area (Å²) in [6.07, 6.45) is -0.359. The van der Waals surface area contributed by atoms with Gasteiger partial charge in [-0.15, -0.1) is 12.4 Å². The molecule has 1 aliphatic rings. The van der Waals surface area contributed by atoms with Crippen LogP contribution in [0.25, 0.3) is 0 Å². The van der Waals surface area contributed by atoms with Crippen LogP contribution in [0.15, 0.2) is 30.3 Å². The summed E-state index contributed by atoms with van der Waals surface area (Å²) in [6, 6.07) is 6.95. The molecule has 2 aromatic carbocycles. The van der Waals surface area contributed by atoms with Gasteiger partial charge in [-0.25, -0.2) is 8.78 Å². The summed E-state index contributed by atoms with van der Waals surface area (Å²) >= 11 is 5.88. The van der Waals surface area contributed by atoms with Gasteiger partial charge in [-0.2, -0.15) is 0 Å². The molecule has 0 aromatic heterocycles. The maximum absolute atomic E-state index is 14.6. The number of hydrogen-bond donors (Lipinski definition) is 2. The molecule has 0 aliphatic carbocycles. The summed E-state index contributed by atoms with van der Waals surface area (Å²) in [5, 5.41) is 5.77. The summed E-state index contributed by atoms with van der Waals surface area (Å²) in [5.41, 5.74) is 1.63. The lowest BCUT2D eigenvalue weighted by Crippen LogP contribution is -2.31. The number of benzene rings is 2. The minimum absolute atomic E-state index is 0. The van der Waals surface area contributed by atoms with Crippen LogP contribution in [0.1, 0.15) is 18.1 Å². The molecule has 0 bridgehead atoms. The van der Waals surface area contributed by atoms with E-state index >= 15 is 0 Å². The lowest BCUT2D eigenvalue weighted by molar-refractivity contribution is -0.122. The Labute approximate surface area is 161 Å². The van der Waals surface area contributed by atoms with E-state index in [1.807, 2.05) is 0 Å². The van der Waals surface area contributed by atoms with Gasteiger partial charge in [0.05, 0.1) is 10.7 Å². The van der Waals surface area contributed by atoms with Crippen molar-refractivity contribution in [3.05, 3.63) is 58.1 Å². The third kappa shape index (κ3) is 4.44. The predicted molar refractivity (Wildman–Crippen MR) is 99.2 cm³/mol. The molecule has 2 N–H and O–H groups in total. The summed E-state index contributed by atoms with van der Waals surface area (Å²) in [4.78, 5) is 12.3. The van der Waals surface area contributed by atoms with Gasteiger partial charge in [-0.05, 0) is 55.3 Å². The number of carbonyl (C=O) groups excluding carboxylic acids is 1. The van der Waals surface area contributed by atoms with Gasteiger partial charge in [-0.3, -0.25) is 4.79 Å². The number of fused-ring (bicyclic) bond motifs is 1. The Bertz CT molecular complexity index is 818. The Balaban J connectivity index is 0.00000243. The Morgan fingerprint density at radius 2 is 2.08 bits per heavy atom. The van der Waals surface area contributed by atoms with Crippen molar-refractivity contribution in [1.82, 2.24) is 5.32 Å². The first-order valence-electron chi connectivity index (χ1n) is 7.89. The summed E-state index contributed by atoms with van der Waals surface area (Å²) in [7, 11) is 0. The normalized spacial score (nSPS) is 14.0. The van der Waals surface area contributed by atoms with Gasteiger partial charge < -0.3 is 15.4 Å². The average Bonchev–Trinajstić information content (AvgIpc) is 2.60. The van der Waals surface area contributed by atoms with Crippen molar-refractivity contribution in [1.29, 1.82) is 0 Å². The molecule has 4 nitrogen and oxygen atoms in total. The van der Waals surface area contributed by atoms with E-state index < -0.39 is 23.6 Å². The van der Waals surface area contributed by atoms with E-state index in [2.05, 4.69) is 10.6 Å². The zero-order valence-corrected chi connectivity index (χ0v) is 15.5. The maximum atomic E-state index is 14.6. The van der Waals surface area contributed by atoms with Crippen molar-refractivity contribution in [2.45, 2.75) is 26.0 Å². The molecule has 0 saturated carbocycles. The number of carbonyl (C=O) groups is 1. The first kappa shape index (κ1) is 20.4. The van der Waals surface area contributed by atoms with Gasteiger partial charge in [-0.1, -0.05) is 17.7 Å². The number of rotatable bonds is 4. The van der Waals surface area contributed by atoms with Gasteiger partial charge in [0.15, 0.2) is 6.10 Å². The van der Waals surface area contributed by atoms with E-state index in [-0.39, 0.29) is 28.9 Å². The lowest BCUT2D eigenvalue weighted by atomic mass is 9.99. The Morgan fingerprint density at radius 3 is 2.81 bits per heavy atom. The van der Waals surface area contributed by atoms with Gasteiger partial charge >= 0.3 is 0 Å². The first-order chi connectivity index (χ1) is 12.0. The van der Waals surface area contributed by atoms with Crippen LogP contribution < -0.4 is 15.4 Å². The van der Waals surface area contributed by atoms with Crippen molar-refractivity contribution < 1.29 is 18.3 Å². The highest BCUT2D eigenvalue weighted by Gasteiger charge is 2.21. The number of anilines is 1. The maximum Gasteiger partial charge on any atom is 0.265 e. The molecule has 1 heterocycles. The predicted octanol–water partition coefficient (Wildman–Crippen LogP) is 4.09. The van der Waals surface area contributed by atoms with E-state index in [9.17, 15) is 13.6 Å². The fourth-order valence-corrected chi connectivity index (χ4v) is 2.89. The highest BCUT2D eigenvalue weighted by Crippen LogP contribution is 2.27. The zero-order valence-electron chi connectivity index (χ0n) is 13.9. The molecule has 1 unspecified atom stereocenters. The molecule has 1 amide bonds. The standard InChI is InChI=1S/C18H17ClF2N2O2.ClH/c1-10(25-16-5-3-12(20)8-14(16)19)18(24)23-15-4-2-11-9-22-7-6-13(11)17(15)21;/h2-5,8,10,22H,6-7,9H2,1H3,(H,23,24);1H. The van der Waals surface area contributed by atoms with E-state index in [0.717, 1.165) is 11.6 Å². The molecule has 140 valence electrons. The highest BCUT2D eigenvalue weighted by atomic mass is 35.5. The molecule has 0 spiro atoms. The quantitative estimate of drug-likeness (QED) is 0.809. The Hall–Kier alpha value is -1.89. The van der Waals surface area contributed by atoms with Crippen LogP contribution in [0.5, 0.6) is 5.75 Å². The molecule has 2 aromatic rings. The number of amides is 1. The smallest absolute Gasteiger partial charge is 0.265 e. The van der Waals surface area contributed by atoms with Crippen LogP contribution in [-0.4, -0.2) is 18.6 Å². The Kier molecular flexibility index (Phi) is 6.81. The number of hydrogen-bond acceptors (Lipinski definition) is 3. The molecule has 26 heavy (non-hydrogen) atoms. The Morgan fingerprint density at radius 1 is 1.31 bits per heavy atom. The van der Waals surface area contributed by atoms with E-state index in [4.69, 9.17) is 16.3 Å². The fraction of sp³-hybridized carbons (Fsp3) is 0.278. The highest BCUT2D eigenvalue weighted by molar-refractivity contribution is 6.32. The molecule has 8 heteroatoms. The van der Waals surface area contributed by atoms with Gasteiger partial charge in [0, 0.05) is 6.54 Å². The third-order valence-electron chi connectivity index (χ3n) is 4.03. The van der Waals surface area contributed by atoms with Crippen LogP contribution in [0.2, 0.25) is 5.02 Å². The van der Waals surface area contributed by atoms with E-state index in [1.54, 1.807) is 6.07 Å². The second-order valence-corrected chi connectivity index (χ2v) is 6.22. The molecule has 3 rings (SSSR count). The molecular weight excluding hydrogens is 385 g/mol. The van der Waals surface area contributed by atoms with Crippen LogP contribution in [0.3, 0.4) is 0 Å². The molecular formula is C18H18Cl2F2N2O2. The van der Waals surface area contributed by atoms with Crippen LogP contribution >= 0.6 is 24.0 Å². The first-order valence-corrected chi connectivity index (χ1v) is 8.27. The van der Waals surface area contributed by atoms with Crippen molar-refractivity contribution in [3.63, 3.8) is 0 Å². The number of nitrogens with one attached hydrogen (secondary N) is 2. The van der Waals surface area contributed by atoms with Gasteiger partial charge in [0.25, 0.3) is 5.91 Å². The topological polar surface area (TPSA) is 50.4 Å². The van der Waals surface area contributed by atoms with Gasteiger partial charge in [0.2, 0.25) is 0 Å². The lowest BCUT2D eigenvalue weighted by Gasteiger charge is -2.20. The van der Waals surface area contributed by atoms with Crippen molar-refractivity contribution in [2.24, 2.45) is 0 Å². The zero-order chi connectivity index (χ0) is 18.0. The molecule has 0 saturated heterocycles. The fourth-order valence-electron chi connectivity index (χ4n) is 2.68. The average molecular weight is 403 g/mol. The van der Waals surface area contributed by atoms with Crippen LogP contribution in [-0.2, 0) is 17.8 Å². The SMILES string of the molecule is CC(Oc1ccc(F)cc1Cl)C(=O)Nc1ccc2c(c1F)CCNC2.Cl. The second-order valence-electron chi connectivity index (χ2n) is 5.82. The minimum Gasteiger partial charge on any atom is -0.479 e. The number of halogens is 4. The third-order valence-corrected chi connectivity index (χ3v) is 4.33. The van der Waals surface area contributed by atoms with Gasteiger partial charge in [0.1, 0.15) is 17.4 Å². The van der Waals surface area contributed by atoms with Crippen LogP contribution in [0.4, 0.5) is 14.5 Å². The summed E-state index contributed by atoms with van der Waals surface area (Å²) in [5.74, 6) is -1.25. The van der Waals surface area contributed by atoms with Crippen molar-refractivity contribution in [2.75, 3.05) is 11.9 Å². The summed E-state index contributed by atoms with van der Waals surface area (Å²) in [6.45, 7) is 2.82. The van der Waals surface area contributed by atoms with Crippen molar-refractivity contribution in [3.8, 4) is 5.75 Å². The second kappa shape index (κ2) is 8.66. The molecule has 1 aliphatic heterocycles. The molecule has 0 radical (unpaired) electrons. The molecule has 0 fully saturated rings. The van der Waals surface area contributed by atoms with E-state index in [1.165, 1.54) is 25.1 Å². The molecule has 1 atom stereocenters. The largest absolute Gasteiger partial charge is 0.479 e. The summed E-state index contributed by atoms with van der Waals surface area (Å²) < 4.78 is 33.1. The minimum atomic E-state index is -0.930.